The van der Waals surface area contributed by atoms with Crippen molar-refractivity contribution >= 4 is 21.4 Å². The van der Waals surface area contributed by atoms with Gasteiger partial charge in [-0.2, -0.15) is 0 Å². The number of anilines is 1. The third-order valence-electron chi connectivity index (χ3n) is 4.34. The molecule has 1 aliphatic rings. The van der Waals surface area contributed by atoms with Gasteiger partial charge in [0.25, 0.3) is 0 Å². The maximum Gasteiger partial charge on any atom is 0.248 e. The fraction of sp³-hybridized carbons (Fsp3) is 0.533. The van der Waals surface area contributed by atoms with Crippen LogP contribution in [0.15, 0.2) is 18.2 Å². The number of benzene rings is 1. The second-order valence-corrected chi connectivity index (χ2v) is 8.03. The first-order valence-electron chi connectivity index (χ1n) is 7.25. The fourth-order valence-electron chi connectivity index (χ4n) is 2.86. The average molecular weight is 344 g/mol. The largest absolute Gasteiger partial charge is 0.494 e. The first-order chi connectivity index (χ1) is 10.7. The van der Waals surface area contributed by atoms with E-state index in [0.29, 0.717) is 13.1 Å². The van der Waals surface area contributed by atoms with Crippen LogP contribution in [-0.4, -0.2) is 52.6 Å². The Kier molecular flexibility index (Phi) is 4.95. The third-order valence-corrected chi connectivity index (χ3v) is 6.34. The van der Waals surface area contributed by atoms with Crippen molar-refractivity contribution in [2.45, 2.75) is 17.6 Å². The van der Waals surface area contributed by atoms with Crippen molar-refractivity contribution in [2.24, 2.45) is 0 Å². The standard InChI is InChI=1S/C15H21FN2O4S/c1-18(11-4-5-13(22-2)12(16)10-11)14(19)15(23(3,20)21)6-8-17-9-7-15/h4-5,10,17H,6-9H2,1-3H3. The summed E-state index contributed by atoms with van der Waals surface area (Å²) in [4.78, 5) is 14.1. The minimum atomic E-state index is -3.61. The molecular weight excluding hydrogens is 323 g/mol. The fourth-order valence-corrected chi connectivity index (χ4v) is 4.26. The van der Waals surface area contributed by atoms with Crippen LogP contribution in [0.2, 0.25) is 0 Å². The second-order valence-electron chi connectivity index (χ2n) is 5.70. The molecule has 0 bridgehead atoms. The molecule has 0 atom stereocenters. The van der Waals surface area contributed by atoms with Crippen molar-refractivity contribution in [1.82, 2.24) is 5.32 Å². The minimum absolute atomic E-state index is 0.0642. The van der Waals surface area contributed by atoms with Gasteiger partial charge in [-0.05, 0) is 38.1 Å². The summed E-state index contributed by atoms with van der Waals surface area (Å²) in [6.07, 6.45) is 1.49. The zero-order valence-electron chi connectivity index (χ0n) is 13.4. The van der Waals surface area contributed by atoms with E-state index in [0.717, 1.165) is 12.3 Å². The quantitative estimate of drug-likeness (QED) is 0.881. The van der Waals surface area contributed by atoms with Crippen LogP contribution in [0, 0.1) is 5.82 Å². The van der Waals surface area contributed by atoms with Crippen LogP contribution in [0.4, 0.5) is 10.1 Å². The Morgan fingerprint density at radius 1 is 1.35 bits per heavy atom. The second kappa shape index (κ2) is 6.45. The minimum Gasteiger partial charge on any atom is -0.494 e. The number of hydrogen-bond donors (Lipinski definition) is 1. The van der Waals surface area contributed by atoms with E-state index in [1.165, 1.54) is 31.2 Å². The van der Waals surface area contributed by atoms with Crippen LogP contribution in [0.1, 0.15) is 12.8 Å². The molecule has 1 saturated heterocycles. The summed E-state index contributed by atoms with van der Waals surface area (Å²) in [5, 5.41) is 3.06. The zero-order chi connectivity index (χ0) is 17.3. The molecule has 1 fully saturated rings. The third kappa shape index (κ3) is 3.18. The summed E-state index contributed by atoms with van der Waals surface area (Å²) in [6, 6.07) is 4.09. The first-order valence-corrected chi connectivity index (χ1v) is 9.14. The molecule has 0 spiro atoms. The number of halogens is 1. The van der Waals surface area contributed by atoms with Gasteiger partial charge in [0.1, 0.15) is 0 Å². The van der Waals surface area contributed by atoms with Crippen LogP contribution < -0.4 is 15.0 Å². The summed E-state index contributed by atoms with van der Waals surface area (Å²) in [5.74, 6) is -1.08. The smallest absolute Gasteiger partial charge is 0.248 e. The molecule has 0 aromatic heterocycles. The highest BCUT2D eigenvalue weighted by molar-refractivity contribution is 7.92. The summed E-state index contributed by atoms with van der Waals surface area (Å²) >= 11 is 0. The van der Waals surface area contributed by atoms with Crippen LogP contribution in [0.3, 0.4) is 0 Å². The van der Waals surface area contributed by atoms with E-state index >= 15 is 0 Å². The monoisotopic (exact) mass is 344 g/mol. The molecule has 8 heteroatoms. The van der Waals surface area contributed by atoms with Gasteiger partial charge >= 0.3 is 0 Å². The van der Waals surface area contributed by atoms with Crippen molar-refractivity contribution in [3.05, 3.63) is 24.0 Å². The van der Waals surface area contributed by atoms with E-state index in [1.807, 2.05) is 0 Å². The van der Waals surface area contributed by atoms with Gasteiger partial charge in [0.2, 0.25) is 5.91 Å². The van der Waals surface area contributed by atoms with E-state index in [4.69, 9.17) is 4.74 Å². The van der Waals surface area contributed by atoms with Crippen molar-refractivity contribution in [2.75, 3.05) is 38.4 Å². The molecule has 23 heavy (non-hydrogen) atoms. The number of rotatable bonds is 4. The van der Waals surface area contributed by atoms with Gasteiger partial charge in [0, 0.05) is 25.1 Å². The summed E-state index contributed by atoms with van der Waals surface area (Å²) in [7, 11) is -0.808. The number of hydrogen-bond acceptors (Lipinski definition) is 5. The number of nitrogens with zero attached hydrogens (tertiary/aromatic N) is 1. The molecule has 0 aliphatic carbocycles. The summed E-state index contributed by atoms with van der Waals surface area (Å²) < 4.78 is 41.8. The maximum atomic E-state index is 13.9. The van der Waals surface area contributed by atoms with E-state index in [-0.39, 0.29) is 24.3 Å². The average Bonchev–Trinajstić information content (AvgIpc) is 2.53. The van der Waals surface area contributed by atoms with Crippen LogP contribution in [0.5, 0.6) is 5.75 Å². The first kappa shape index (κ1) is 17.7. The Hall–Kier alpha value is -1.67. The SMILES string of the molecule is COc1ccc(N(C)C(=O)C2(S(C)(=O)=O)CCNCC2)cc1F. The lowest BCUT2D eigenvalue weighted by Crippen LogP contribution is -2.57. The Balaban J connectivity index is 2.38. The maximum absolute atomic E-state index is 13.9. The predicted molar refractivity (Wildman–Crippen MR) is 86.0 cm³/mol. The van der Waals surface area contributed by atoms with Gasteiger partial charge in [-0.3, -0.25) is 4.79 Å². The topological polar surface area (TPSA) is 75.7 Å². The van der Waals surface area contributed by atoms with E-state index < -0.39 is 26.3 Å². The summed E-state index contributed by atoms with van der Waals surface area (Å²) in [5.41, 5.74) is 0.287. The number of ether oxygens (including phenoxy) is 1. The van der Waals surface area contributed by atoms with Crippen molar-refractivity contribution < 1.29 is 22.3 Å². The number of carbonyl (C=O) groups is 1. The Labute approximate surface area is 135 Å². The highest BCUT2D eigenvalue weighted by Crippen LogP contribution is 2.32. The highest BCUT2D eigenvalue weighted by atomic mass is 32.2. The van der Waals surface area contributed by atoms with E-state index in [1.54, 1.807) is 0 Å². The zero-order valence-corrected chi connectivity index (χ0v) is 14.2. The molecule has 0 saturated carbocycles. The highest BCUT2D eigenvalue weighted by Gasteiger charge is 2.50. The summed E-state index contributed by atoms with van der Waals surface area (Å²) in [6.45, 7) is 0.896. The van der Waals surface area contributed by atoms with Gasteiger partial charge < -0.3 is 15.0 Å². The number of amides is 1. The lowest BCUT2D eigenvalue weighted by atomic mass is 9.95. The molecule has 1 aromatic rings. The molecule has 1 N–H and O–H groups in total. The Morgan fingerprint density at radius 3 is 2.43 bits per heavy atom. The van der Waals surface area contributed by atoms with Gasteiger partial charge in [0.15, 0.2) is 26.2 Å². The molecular formula is C15H21FN2O4S. The van der Waals surface area contributed by atoms with Crippen LogP contribution in [-0.2, 0) is 14.6 Å². The van der Waals surface area contributed by atoms with Crippen molar-refractivity contribution in [3.63, 3.8) is 0 Å². The Morgan fingerprint density at radius 2 is 1.96 bits per heavy atom. The molecule has 0 unspecified atom stereocenters. The number of piperidine rings is 1. The molecule has 128 valence electrons. The molecule has 6 nitrogen and oxygen atoms in total. The van der Waals surface area contributed by atoms with Gasteiger partial charge in [-0.1, -0.05) is 0 Å². The Bertz CT molecular complexity index is 699. The molecule has 1 aliphatic heterocycles. The molecule has 0 radical (unpaired) electrons. The van der Waals surface area contributed by atoms with E-state index in [2.05, 4.69) is 5.32 Å². The lowest BCUT2D eigenvalue weighted by Gasteiger charge is -2.37. The number of sulfone groups is 1. The lowest BCUT2D eigenvalue weighted by molar-refractivity contribution is -0.121. The van der Waals surface area contributed by atoms with Crippen LogP contribution >= 0.6 is 0 Å². The number of nitrogens with one attached hydrogen (secondary N) is 1. The predicted octanol–water partition coefficient (Wildman–Crippen LogP) is 0.964. The molecule has 1 amide bonds. The van der Waals surface area contributed by atoms with Gasteiger partial charge in [-0.25, -0.2) is 12.8 Å². The van der Waals surface area contributed by atoms with Gasteiger partial charge in [0.05, 0.1) is 7.11 Å². The number of carbonyl (C=O) groups excluding carboxylic acids is 1. The van der Waals surface area contributed by atoms with Crippen LogP contribution in [0.25, 0.3) is 0 Å². The molecule has 1 aromatic carbocycles. The van der Waals surface area contributed by atoms with Gasteiger partial charge in [-0.15, -0.1) is 0 Å². The van der Waals surface area contributed by atoms with Crippen molar-refractivity contribution in [3.8, 4) is 5.75 Å². The molecule has 2 rings (SSSR count). The molecule has 1 heterocycles. The normalized spacial score (nSPS) is 17.6. The van der Waals surface area contributed by atoms with E-state index in [9.17, 15) is 17.6 Å². The van der Waals surface area contributed by atoms with Crippen molar-refractivity contribution in [1.29, 1.82) is 0 Å². The number of methoxy groups -OCH3 is 1.